The van der Waals surface area contributed by atoms with Gasteiger partial charge in [-0.2, -0.15) is 0 Å². The number of halogens is 1. The molecule has 140 valence electrons. The maximum Gasteiger partial charge on any atom is 0.269 e. The van der Waals surface area contributed by atoms with E-state index in [0.29, 0.717) is 12.0 Å². The summed E-state index contributed by atoms with van der Waals surface area (Å²) >= 11 is 0.757. The van der Waals surface area contributed by atoms with E-state index >= 15 is 0 Å². The molecule has 27 heavy (non-hydrogen) atoms. The van der Waals surface area contributed by atoms with Gasteiger partial charge in [0.1, 0.15) is 5.82 Å². The predicted octanol–water partition coefficient (Wildman–Crippen LogP) is 2.45. The van der Waals surface area contributed by atoms with Gasteiger partial charge in [0.2, 0.25) is 9.47 Å². The smallest absolute Gasteiger partial charge is 0.269 e. The third-order valence-corrected chi connectivity index (χ3v) is 6.18. The fourth-order valence-corrected chi connectivity index (χ4v) is 4.14. The van der Waals surface area contributed by atoms with Crippen LogP contribution in [-0.4, -0.2) is 31.1 Å². The zero-order valence-corrected chi connectivity index (χ0v) is 15.6. The molecule has 1 heterocycles. The zero-order valence-electron chi connectivity index (χ0n) is 13.9. The number of carbonyl (C=O) groups is 1. The second-order valence-corrected chi connectivity index (χ2v) is 8.39. The first kappa shape index (κ1) is 19.1. The lowest BCUT2D eigenvalue weighted by molar-refractivity contribution is 0.102. The molecule has 1 amide bonds. The molecule has 0 saturated carbocycles. The van der Waals surface area contributed by atoms with E-state index in [0.717, 1.165) is 16.9 Å². The van der Waals surface area contributed by atoms with E-state index in [1.54, 1.807) is 42.5 Å². The molecule has 0 fully saturated rings. The molecule has 0 unspecified atom stereocenters. The molecule has 10 heteroatoms. The van der Waals surface area contributed by atoms with Gasteiger partial charge in [0, 0.05) is 12.1 Å². The van der Waals surface area contributed by atoms with Gasteiger partial charge in [-0.25, -0.2) is 17.5 Å². The molecule has 0 aliphatic rings. The van der Waals surface area contributed by atoms with Crippen molar-refractivity contribution in [1.29, 1.82) is 0 Å². The number of hydrogen-bond acceptors (Lipinski definition) is 6. The Kier molecular flexibility index (Phi) is 5.89. The first-order valence-electron chi connectivity index (χ1n) is 7.88. The zero-order chi connectivity index (χ0) is 19.3. The van der Waals surface area contributed by atoms with Gasteiger partial charge in [0.25, 0.3) is 15.9 Å². The Labute approximate surface area is 159 Å². The summed E-state index contributed by atoms with van der Waals surface area (Å²) in [6, 6.07) is 14.3. The largest absolute Gasteiger partial charge is 0.296 e. The van der Waals surface area contributed by atoms with Crippen molar-refractivity contribution in [3.63, 3.8) is 0 Å². The predicted molar refractivity (Wildman–Crippen MR) is 99.6 cm³/mol. The minimum Gasteiger partial charge on any atom is -0.296 e. The van der Waals surface area contributed by atoms with E-state index in [2.05, 4.69) is 20.2 Å². The van der Waals surface area contributed by atoms with E-state index in [-0.39, 0.29) is 21.8 Å². The number of sulfonamides is 1. The van der Waals surface area contributed by atoms with Crippen LogP contribution in [0.1, 0.15) is 15.9 Å². The van der Waals surface area contributed by atoms with Gasteiger partial charge in [-0.1, -0.05) is 41.7 Å². The summed E-state index contributed by atoms with van der Waals surface area (Å²) in [6.07, 6.45) is 0.399. The van der Waals surface area contributed by atoms with Crippen LogP contribution in [0.3, 0.4) is 0 Å². The minimum atomic E-state index is -3.85. The molecule has 0 radical (unpaired) electrons. The summed E-state index contributed by atoms with van der Waals surface area (Å²) < 4.78 is 39.6. The molecule has 3 rings (SSSR count). The number of anilines is 1. The fraction of sp³-hybridized carbons (Fsp3) is 0.118. The summed E-state index contributed by atoms with van der Waals surface area (Å²) in [5, 5.41) is 9.93. The Morgan fingerprint density at radius 1 is 1.04 bits per heavy atom. The highest BCUT2D eigenvalue weighted by Crippen LogP contribution is 2.20. The van der Waals surface area contributed by atoms with Gasteiger partial charge in [0.05, 0.1) is 0 Å². The Bertz CT molecular complexity index is 1020. The second kappa shape index (κ2) is 8.33. The molecule has 0 bridgehead atoms. The number of rotatable bonds is 7. The topological polar surface area (TPSA) is 101 Å². The average molecular weight is 406 g/mol. The van der Waals surface area contributed by atoms with Gasteiger partial charge in [-0.05, 0) is 36.2 Å². The van der Waals surface area contributed by atoms with Gasteiger partial charge in [0.15, 0.2) is 0 Å². The molecular weight excluding hydrogens is 391 g/mol. The number of carbonyl (C=O) groups excluding carboxylic acids is 1. The van der Waals surface area contributed by atoms with Crippen LogP contribution in [0.25, 0.3) is 0 Å². The van der Waals surface area contributed by atoms with E-state index in [9.17, 15) is 17.6 Å². The monoisotopic (exact) mass is 406 g/mol. The Hall–Kier alpha value is -2.69. The molecule has 2 N–H and O–H groups in total. The molecule has 0 aliphatic heterocycles. The number of aromatic nitrogens is 2. The van der Waals surface area contributed by atoms with E-state index < -0.39 is 15.9 Å². The van der Waals surface area contributed by atoms with Crippen molar-refractivity contribution < 1.29 is 17.6 Å². The second-order valence-electron chi connectivity index (χ2n) is 5.47. The van der Waals surface area contributed by atoms with Crippen molar-refractivity contribution in [3.8, 4) is 0 Å². The molecule has 0 spiro atoms. The highest BCUT2D eigenvalue weighted by atomic mass is 32.2. The molecule has 2 aromatic carbocycles. The van der Waals surface area contributed by atoms with Crippen molar-refractivity contribution in [2.24, 2.45) is 0 Å². The van der Waals surface area contributed by atoms with Gasteiger partial charge >= 0.3 is 0 Å². The number of benzene rings is 2. The number of nitrogens with zero attached hydrogens (tertiary/aromatic N) is 2. The number of hydrogen-bond donors (Lipinski definition) is 2. The minimum absolute atomic E-state index is 0.0859. The van der Waals surface area contributed by atoms with Crippen LogP contribution in [0.15, 0.2) is 58.9 Å². The van der Waals surface area contributed by atoms with Crippen LogP contribution in [0.2, 0.25) is 0 Å². The summed E-state index contributed by atoms with van der Waals surface area (Å²) in [4.78, 5) is 12.1. The fourth-order valence-electron chi connectivity index (χ4n) is 2.17. The lowest BCUT2D eigenvalue weighted by atomic mass is 10.1. The lowest BCUT2D eigenvalue weighted by Gasteiger charge is -2.04. The highest BCUT2D eigenvalue weighted by molar-refractivity contribution is 7.91. The highest BCUT2D eigenvalue weighted by Gasteiger charge is 2.20. The van der Waals surface area contributed by atoms with Crippen molar-refractivity contribution in [2.75, 3.05) is 11.9 Å². The molecule has 7 nitrogen and oxygen atoms in total. The van der Waals surface area contributed by atoms with Crippen LogP contribution in [0.4, 0.5) is 9.52 Å². The molecule has 0 saturated heterocycles. The van der Waals surface area contributed by atoms with Crippen LogP contribution in [0, 0.1) is 5.82 Å². The Morgan fingerprint density at radius 2 is 1.74 bits per heavy atom. The molecule has 0 atom stereocenters. The summed E-state index contributed by atoms with van der Waals surface area (Å²) in [5.74, 6) is -0.752. The first-order valence-corrected chi connectivity index (χ1v) is 10.2. The van der Waals surface area contributed by atoms with Gasteiger partial charge in [-0.15, -0.1) is 10.2 Å². The van der Waals surface area contributed by atoms with E-state index in [1.165, 1.54) is 12.1 Å². The SMILES string of the molecule is O=C(Nc1nnc(S(=O)(=O)NCCc2ccc(F)cc2)s1)c1ccccc1. The third kappa shape index (κ3) is 5.16. The van der Waals surface area contributed by atoms with Crippen LogP contribution in [0.5, 0.6) is 0 Å². The molecule has 1 aromatic heterocycles. The standard InChI is InChI=1S/C17H15FN4O3S2/c18-14-8-6-12(7-9-14)10-11-19-27(24,25)17-22-21-16(26-17)20-15(23)13-4-2-1-3-5-13/h1-9,19H,10-11H2,(H,20,21,23). The summed E-state index contributed by atoms with van der Waals surface area (Å²) in [7, 11) is -3.85. The third-order valence-electron chi connectivity index (χ3n) is 3.51. The van der Waals surface area contributed by atoms with Gasteiger partial charge < -0.3 is 0 Å². The van der Waals surface area contributed by atoms with Gasteiger partial charge in [-0.3, -0.25) is 10.1 Å². The van der Waals surface area contributed by atoms with Crippen molar-refractivity contribution >= 4 is 32.4 Å². The van der Waals surface area contributed by atoms with E-state index in [1.807, 2.05) is 0 Å². The maximum absolute atomic E-state index is 12.9. The molecule has 0 aliphatic carbocycles. The Balaban J connectivity index is 1.59. The Morgan fingerprint density at radius 3 is 2.44 bits per heavy atom. The maximum atomic E-state index is 12.9. The summed E-state index contributed by atoms with van der Waals surface area (Å²) in [6.45, 7) is 0.124. The van der Waals surface area contributed by atoms with Crippen LogP contribution < -0.4 is 10.0 Å². The van der Waals surface area contributed by atoms with Crippen molar-refractivity contribution in [1.82, 2.24) is 14.9 Å². The van der Waals surface area contributed by atoms with Crippen LogP contribution in [-0.2, 0) is 16.4 Å². The summed E-state index contributed by atoms with van der Waals surface area (Å²) in [5.41, 5.74) is 1.22. The van der Waals surface area contributed by atoms with Crippen molar-refractivity contribution in [2.45, 2.75) is 10.8 Å². The molecule has 3 aromatic rings. The number of nitrogens with one attached hydrogen (secondary N) is 2. The number of amides is 1. The van der Waals surface area contributed by atoms with E-state index in [4.69, 9.17) is 0 Å². The first-order chi connectivity index (χ1) is 12.9. The van der Waals surface area contributed by atoms with Crippen molar-refractivity contribution in [3.05, 3.63) is 71.5 Å². The average Bonchev–Trinajstić information content (AvgIpc) is 3.13. The quantitative estimate of drug-likeness (QED) is 0.587. The normalized spacial score (nSPS) is 11.3. The van der Waals surface area contributed by atoms with Crippen LogP contribution >= 0.6 is 11.3 Å². The molecular formula is C17H15FN4O3S2. The lowest BCUT2D eigenvalue weighted by Crippen LogP contribution is -2.25.